The van der Waals surface area contributed by atoms with Crippen LogP contribution in [0.5, 0.6) is 0 Å². The molecule has 1 aromatic carbocycles. The first-order valence-corrected chi connectivity index (χ1v) is 10.1. The van der Waals surface area contributed by atoms with Crippen LogP contribution >= 0.6 is 0 Å². The molecule has 5 nitrogen and oxygen atoms in total. The number of hydrogen-bond acceptors (Lipinski definition) is 5. The van der Waals surface area contributed by atoms with Gasteiger partial charge in [0, 0.05) is 0 Å². The van der Waals surface area contributed by atoms with Gasteiger partial charge < -0.3 is 0 Å². The minimum absolute atomic E-state index is 0.106. The van der Waals surface area contributed by atoms with Gasteiger partial charge in [0.05, 0.1) is 0 Å². The SMILES string of the molecule is CO[C](=[Cr])C1=C(C2=CCOC(C)(C)OC2)ON(C(C)(C)C)C1c1ccccc1. The molecule has 0 aliphatic carbocycles. The topological polar surface area (TPSA) is 40.2 Å². The van der Waals surface area contributed by atoms with E-state index in [1.54, 1.807) is 7.11 Å². The number of rotatable bonds is 4. The van der Waals surface area contributed by atoms with Gasteiger partial charge in [-0.05, 0) is 0 Å². The molecule has 0 aromatic heterocycles. The maximum atomic E-state index is 6.48. The fourth-order valence-electron chi connectivity index (χ4n) is 3.30. The summed E-state index contributed by atoms with van der Waals surface area (Å²) >= 11 is 3.07. The van der Waals surface area contributed by atoms with E-state index in [1.807, 2.05) is 43.2 Å². The van der Waals surface area contributed by atoms with E-state index in [9.17, 15) is 0 Å². The van der Waals surface area contributed by atoms with Crippen molar-refractivity contribution in [2.75, 3.05) is 20.3 Å². The molecule has 0 saturated heterocycles. The standard InChI is InChI=1S/C22H29NO4.Cr/c1-21(2,3)23-19(16-10-8-7-9-11-16)18(15-24-6)20(27-23)17-12-13-25-22(4,5)26-14-17;/h7-12,19H,13-14H2,1-6H3;. The van der Waals surface area contributed by atoms with E-state index in [2.05, 4.69) is 48.8 Å². The van der Waals surface area contributed by atoms with E-state index in [-0.39, 0.29) is 11.6 Å². The third-order valence-corrected chi connectivity index (χ3v) is 5.36. The van der Waals surface area contributed by atoms with Crippen LogP contribution in [0.15, 0.2) is 53.3 Å². The Hall–Kier alpha value is -1.26. The molecule has 0 spiro atoms. The zero-order valence-corrected chi connectivity index (χ0v) is 18.7. The zero-order chi connectivity index (χ0) is 20.5. The molecule has 0 bridgehead atoms. The van der Waals surface area contributed by atoms with E-state index in [4.69, 9.17) is 19.0 Å². The van der Waals surface area contributed by atoms with E-state index in [0.717, 1.165) is 22.5 Å². The first-order valence-electron chi connectivity index (χ1n) is 9.46. The van der Waals surface area contributed by atoms with Crippen LogP contribution in [0.3, 0.4) is 0 Å². The Balaban J connectivity index is 2.11. The molecule has 28 heavy (non-hydrogen) atoms. The van der Waals surface area contributed by atoms with Crippen molar-refractivity contribution in [1.82, 2.24) is 5.06 Å². The fourth-order valence-corrected chi connectivity index (χ4v) is 3.62. The van der Waals surface area contributed by atoms with Crippen molar-refractivity contribution in [1.29, 1.82) is 0 Å². The second kappa shape index (κ2) is 8.24. The van der Waals surface area contributed by atoms with Crippen molar-refractivity contribution in [3.05, 3.63) is 58.9 Å². The van der Waals surface area contributed by atoms with Crippen molar-refractivity contribution >= 4 is 4.57 Å². The average molecular weight is 423 g/mol. The normalized spacial score (nSPS) is 23.2. The van der Waals surface area contributed by atoms with Gasteiger partial charge in [-0.15, -0.1) is 0 Å². The third-order valence-electron chi connectivity index (χ3n) is 4.75. The van der Waals surface area contributed by atoms with Crippen LogP contribution < -0.4 is 0 Å². The summed E-state index contributed by atoms with van der Waals surface area (Å²) in [7, 11) is 1.67. The van der Waals surface area contributed by atoms with Crippen molar-refractivity contribution < 1.29 is 34.9 Å². The monoisotopic (exact) mass is 423 g/mol. The van der Waals surface area contributed by atoms with E-state index >= 15 is 0 Å². The van der Waals surface area contributed by atoms with E-state index < -0.39 is 5.79 Å². The second-order valence-electron chi connectivity index (χ2n) is 8.36. The fraction of sp³-hybridized carbons (Fsp3) is 0.500. The molecule has 152 valence electrons. The molecule has 1 unspecified atom stereocenters. The number of ether oxygens (including phenoxy) is 3. The van der Waals surface area contributed by atoms with Crippen LogP contribution in [0.1, 0.15) is 46.2 Å². The van der Waals surface area contributed by atoms with Crippen molar-refractivity contribution in [3.8, 4) is 0 Å². The summed E-state index contributed by atoms with van der Waals surface area (Å²) in [4.78, 5) is 6.48. The van der Waals surface area contributed by atoms with Gasteiger partial charge in [-0.3, -0.25) is 0 Å². The molecule has 2 aliphatic rings. The van der Waals surface area contributed by atoms with Crippen LogP contribution in [-0.2, 0) is 34.9 Å². The maximum absolute atomic E-state index is 6.48. The summed E-state index contributed by atoms with van der Waals surface area (Å²) in [5.74, 6) is 0.132. The molecule has 0 N–H and O–H groups in total. The Morgan fingerprint density at radius 3 is 2.46 bits per heavy atom. The molecule has 0 radical (unpaired) electrons. The Morgan fingerprint density at radius 1 is 1.18 bits per heavy atom. The van der Waals surface area contributed by atoms with Crippen LogP contribution in [0, 0.1) is 0 Å². The predicted octanol–water partition coefficient (Wildman–Crippen LogP) is 4.06. The quantitative estimate of drug-likeness (QED) is 0.731. The third kappa shape index (κ3) is 4.49. The zero-order valence-electron chi connectivity index (χ0n) is 17.4. The number of benzene rings is 1. The van der Waals surface area contributed by atoms with Gasteiger partial charge in [0.2, 0.25) is 0 Å². The van der Waals surface area contributed by atoms with Crippen LogP contribution in [0.4, 0.5) is 0 Å². The summed E-state index contributed by atoms with van der Waals surface area (Å²) in [6.45, 7) is 11.1. The van der Waals surface area contributed by atoms with Crippen molar-refractivity contribution in [2.45, 2.75) is 52.0 Å². The molecule has 0 amide bonds. The first-order chi connectivity index (χ1) is 13.1. The minimum atomic E-state index is -0.633. The van der Waals surface area contributed by atoms with Gasteiger partial charge in [0.15, 0.2) is 0 Å². The predicted molar refractivity (Wildman–Crippen MR) is 105 cm³/mol. The molecular formula is C22H29CrNO4. The molecule has 0 saturated carbocycles. The molecule has 3 rings (SSSR count). The Labute approximate surface area is 175 Å². The van der Waals surface area contributed by atoms with Gasteiger partial charge in [-0.25, -0.2) is 0 Å². The summed E-state index contributed by atoms with van der Waals surface area (Å²) in [5, 5.41) is 2.03. The van der Waals surface area contributed by atoms with Gasteiger partial charge >= 0.3 is 176 Å². The summed E-state index contributed by atoms with van der Waals surface area (Å²) in [5.41, 5.74) is 2.83. The second-order valence-corrected chi connectivity index (χ2v) is 8.94. The van der Waals surface area contributed by atoms with Gasteiger partial charge in [0.1, 0.15) is 0 Å². The molecule has 1 atom stereocenters. The Bertz CT molecular complexity index is 793. The molecule has 1 aromatic rings. The molecule has 0 fully saturated rings. The van der Waals surface area contributed by atoms with Crippen LogP contribution in [0.25, 0.3) is 0 Å². The molecule has 2 heterocycles. The Morgan fingerprint density at radius 2 is 1.86 bits per heavy atom. The van der Waals surface area contributed by atoms with Crippen LogP contribution in [-0.4, -0.2) is 41.3 Å². The number of methoxy groups -OCH3 is 1. The Kier molecular flexibility index (Phi) is 6.31. The van der Waals surface area contributed by atoms with Gasteiger partial charge in [0.25, 0.3) is 0 Å². The van der Waals surface area contributed by atoms with Gasteiger partial charge in [-0.2, -0.15) is 0 Å². The number of hydrogen-bond donors (Lipinski definition) is 0. The summed E-state index contributed by atoms with van der Waals surface area (Å²) in [6, 6.07) is 10.2. The van der Waals surface area contributed by atoms with E-state index in [0.29, 0.717) is 17.8 Å². The number of hydroxylamine groups is 2. The van der Waals surface area contributed by atoms with Gasteiger partial charge in [-0.1, -0.05) is 0 Å². The van der Waals surface area contributed by atoms with E-state index in [1.165, 1.54) is 0 Å². The summed E-state index contributed by atoms with van der Waals surface area (Å²) in [6.07, 6.45) is 2.03. The summed E-state index contributed by atoms with van der Waals surface area (Å²) < 4.78 is 18.1. The molecule has 6 heteroatoms. The number of nitrogens with zero attached hydrogens (tertiary/aromatic N) is 1. The first kappa shape index (κ1) is 21.5. The molecule has 2 aliphatic heterocycles. The van der Waals surface area contributed by atoms with Crippen LogP contribution in [0.2, 0.25) is 0 Å². The molecular weight excluding hydrogens is 394 g/mol. The van der Waals surface area contributed by atoms with Crippen molar-refractivity contribution in [3.63, 3.8) is 0 Å². The average Bonchev–Trinajstić information content (AvgIpc) is 2.96. The van der Waals surface area contributed by atoms with Crippen molar-refractivity contribution in [2.24, 2.45) is 0 Å².